The number of hydrogen-bond acceptors (Lipinski definition) is 5. The van der Waals surface area contributed by atoms with E-state index in [4.69, 9.17) is 9.15 Å². The van der Waals surface area contributed by atoms with Crippen LogP contribution in [0, 0.1) is 0 Å². The molecule has 3 rings (SSSR count). The molecular weight excluding hydrogens is 288 g/mol. The largest absolute Gasteiger partial charge is 0.423 e. The third-order valence-electron chi connectivity index (χ3n) is 2.73. The highest BCUT2D eigenvalue weighted by atomic mass is 32.1. The molecule has 2 aromatic carbocycles. The van der Waals surface area contributed by atoms with Gasteiger partial charge in [-0.1, -0.05) is 41.7 Å². The fraction of sp³-hybridized carbons (Fsp3) is 0. The molecule has 1 aromatic heterocycles. The van der Waals surface area contributed by atoms with Crippen LogP contribution < -0.4 is 9.68 Å². The first-order chi connectivity index (χ1) is 10.2. The van der Waals surface area contributed by atoms with Crippen LogP contribution in [-0.2, 0) is 4.79 Å². The summed E-state index contributed by atoms with van der Waals surface area (Å²) in [5, 5.41) is 0. The SMILES string of the molecule is O=C(/C=C\c1ccccc1)Oc1ccc2oc(=O)sc2c1. The quantitative estimate of drug-likeness (QED) is 0.422. The highest BCUT2D eigenvalue weighted by molar-refractivity contribution is 7.16. The Labute approximate surface area is 123 Å². The first-order valence-electron chi connectivity index (χ1n) is 6.19. The Hall–Kier alpha value is -2.66. The lowest BCUT2D eigenvalue weighted by atomic mass is 10.2. The maximum atomic E-state index is 11.7. The van der Waals surface area contributed by atoms with Crippen LogP contribution in [0.3, 0.4) is 0 Å². The number of benzene rings is 2. The molecule has 4 nitrogen and oxygen atoms in total. The zero-order chi connectivity index (χ0) is 14.7. The van der Waals surface area contributed by atoms with Gasteiger partial charge in [0.05, 0.1) is 4.70 Å². The van der Waals surface area contributed by atoms with Crippen molar-refractivity contribution >= 4 is 33.7 Å². The smallest absolute Gasteiger partial charge is 0.396 e. The van der Waals surface area contributed by atoms with Crippen molar-refractivity contribution in [3.05, 3.63) is 69.9 Å². The minimum atomic E-state index is -0.478. The molecule has 0 amide bonds. The Morgan fingerprint density at radius 2 is 1.95 bits per heavy atom. The summed E-state index contributed by atoms with van der Waals surface area (Å²) < 4.78 is 10.8. The minimum absolute atomic E-state index is 0.377. The van der Waals surface area contributed by atoms with E-state index >= 15 is 0 Å². The predicted octanol–water partition coefficient (Wildman–Crippen LogP) is 3.47. The molecular formula is C16H10O4S. The van der Waals surface area contributed by atoms with Crippen molar-refractivity contribution in [2.45, 2.75) is 0 Å². The lowest BCUT2D eigenvalue weighted by Gasteiger charge is -2.00. The van der Waals surface area contributed by atoms with Crippen LogP contribution in [-0.4, -0.2) is 5.97 Å². The van der Waals surface area contributed by atoms with Crippen molar-refractivity contribution in [1.82, 2.24) is 0 Å². The number of esters is 1. The Bertz CT molecular complexity index is 859. The average molecular weight is 298 g/mol. The number of rotatable bonds is 3. The summed E-state index contributed by atoms with van der Waals surface area (Å²) >= 11 is 0.972. The van der Waals surface area contributed by atoms with Gasteiger partial charge in [-0.2, -0.15) is 0 Å². The van der Waals surface area contributed by atoms with E-state index in [9.17, 15) is 9.59 Å². The van der Waals surface area contributed by atoms with Gasteiger partial charge in [-0.05, 0) is 23.8 Å². The number of carbonyl (C=O) groups excluding carboxylic acids is 1. The molecule has 0 atom stereocenters. The molecule has 0 unspecified atom stereocenters. The zero-order valence-corrected chi connectivity index (χ0v) is 11.6. The van der Waals surface area contributed by atoms with Crippen molar-refractivity contribution in [2.24, 2.45) is 0 Å². The molecule has 0 aliphatic heterocycles. The van der Waals surface area contributed by atoms with Gasteiger partial charge in [0.1, 0.15) is 11.3 Å². The monoisotopic (exact) mass is 298 g/mol. The van der Waals surface area contributed by atoms with Crippen molar-refractivity contribution in [1.29, 1.82) is 0 Å². The lowest BCUT2D eigenvalue weighted by molar-refractivity contribution is -0.128. The molecule has 3 aromatic rings. The van der Waals surface area contributed by atoms with Crippen LogP contribution in [0.25, 0.3) is 16.4 Å². The van der Waals surface area contributed by atoms with Gasteiger partial charge >= 0.3 is 10.9 Å². The van der Waals surface area contributed by atoms with Gasteiger partial charge in [-0.15, -0.1) is 0 Å². The van der Waals surface area contributed by atoms with E-state index in [1.54, 1.807) is 24.3 Å². The van der Waals surface area contributed by atoms with Crippen LogP contribution >= 0.6 is 11.3 Å². The normalized spacial score (nSPS) is 11.0. The zero-order valence-electron chi connectivity index (χ0n) is 10.8. The first kappa shape index (κ1) is 13.3. The minimum Gasteiger partial charge on any atom is -0.423 e. The van der Waals surface area contributed by atoms with Gasteiger partial charge in [0.2, 0.25) is 0 Å². The third kappa shape index (κ3) is 3.27. The molecule has 0 N–H and O–H groups in total. The predicted molar refractivity (Wildman–Crippen MR) is 81.5 cm³/mol. The number of fused-ring (bicyclic) bond motifs is 1. The molecule has 0 aliphatic rings. The summed E-state index contributed by atoms with van der Waals surface area (Å²) in [6.45, 7) is 0. The van der Waals surface area contributed by atoms with Crippen LogP contribution in [0.1, 0.15) is 5.56 Å². The maximum Gasteiger partial charge on any atom is 0.396 e. The molecule has 104 valence electrons. The number of ether oxygens (including phenoxy) is 1. The van der Waals surface area contributed by atoms with E-state index < -0.39 is 5.97 Å². The third-order valence-corrected chi connectivity index (χ3v) is 3.52. The molecule has 1 heterocycles. The molecule has 0 spiro atoms. The standard InChI is InChI=1S/C16H10O4S/c17-15(9-6-11-4-2-1-3-5-11)19-12-7-8-13-14(10-12)21-16(18)20-13/h1-10H/b9-6-. The molecule has 21 heavy (non-hydrogen) atoms. The second-order valence-electron chi connectivity index (χ2n) is 4.23. The van der Waals surface area contributed by atoms with Gasteiger partial charge in [-0.25, -0.2) is 9.59 Å². The molecule has 0 aliphatic carbocycles. The van der Waals surface area contributed by atoms with Crippen LogP contribution in [0.2, 0.25) is 0 Å². The van der Waals surface area contributed by atoms with E-state index in [2.05, 4.69) is 0 Å². The fourth-order valence-corrected chi connectivity index (χ4v) is 2.49. The van der Waals surface area contributed by atoms with Gasteiger partial charge in [-0.3, -0.25) is 0 Å². The van der Waals surface area contributed by atoms with E-state index in [0.717, 1.165) is 16.9 Å². The van der Waals surface area contributed by atoms with E-state index in [1.165, 1.54) is 6.08 Å². The summed E-state index contributed by atoms with van der Waals surface area (Å²) in [4.78, 5) is 22.5. The number of carbonyl (C=O) groups is 1. The molecule has 0 fully saturated rings. The Morgan fingerprint density at radius 1 is 1.14 bits per heavy atom. The summed E-state index contributed by atoms with van der Waals surface area (Å²) in [6, 6.07) is 14.3. The van der Waals surface area contributed by atoms with Crippen LogP contribution in [0.4, 0.5) is 0 Å². The summed E-state index contributed by atoms with van der Waals surface area (Å²) in [5.74, 6) is -0.101. The summed E-state index contributed by atoms with van der Waals surface area (Å²) in [6.07, 6.45) is 3.04. The first-order valence-corrected chi connectivity index (χ1v) is 7.01. The average Bonchev–Trinajstić information content (AvgIpc) is 2.85. The topological polar surface area (TPSA) is 56.5 Å². The maximum absolute atomic E-state index is 11.7. The van der Waals surface area contributed by atoms with E-state index in [-0.39, 0.29) is 4.94 Å². The second kappa shape index (κ2) is 5.76. The second-order valence-corrected chi connectivity index (χ2v) is 5.21. The summed E-state index contributed by atoms with van der Waals surface area (Å²) in [5.41, 5.74) is 1.41. The van der Waals surface area contributed by atoms with Crippen molar-refractivity contribution < 1.29 is 13.9 Å². The van der Waals surface area contributed by atoms with Crippen LogP contribution in [0.5, 0.6) is 5.75 Å². The fourth-order valence-electron chi connectivity index (χ4n) is 1.79. The summed E-state index contributed by atoms with van der Waals surface area (Å²) in [7, 11) is 0. The highest BCUT2D eigenvalue weighted by Gasteiger charge is 2.06. The van der Waals surface area contributed by atoms with E-state index in [1.807, 2.05) is 30.3 Å². The molecule has 0 saturated carbocycles. The Balaban J connectivity index is 1.74. The Morgan fingerprint density at radius 3 is 2.76 bits per heavy atom. The van der Waals surface area contributed by atoms with Gasteiger partial charge in [0.15, 0.2) is 0 Å². The van der Waals surface area contributed by atoms with E-state index in [0.29, 0.717) is 16.0 Å². The molecule has 0 saturated heterocycles. The van der Waals surface area contributed by atoms with Gasteiger partial charge in [0.25, 0.3) is 0 Å². The molecule has 5 heteroatoms. The molecule has 0 bridgehead atoms. The van der Waals surface area contributed by atoms with Gasteiger partial charge < -0.3 is 9.15 Å². The number of hydrogen-bond donors (Lipinski definition) is 0. The Kier molecular flexibility index (Phi) is 3.66. The molecule has 0 radical (unpaired) electrons. The van der Waals surface area contributed by atoms with Crippen molar-refractivity contribution in [2.75, 3.05) is 0 Å². The van der Waals surface area contributed by atoms with Gasteiger partial charge in [0, 0.05) is 12.1 Å². The highest BCUT2D eigenvalue weighted by Crippen LogP contribution is 2.23. The van der Waals surface area contributed by atoms with Crippen molar-refractivity contribution in [3.8, 4) is 5.75 Å². The van der Waals surface area contributed by atoms with Crippen molar-refractivity contribution in [3.63, 3.8) is 0 Å². The lowest BCUT2D eigenvalue weighted by Crippen LogP contribution is -2.03. The van der Waals surface area contributed by atoms with Crippen LogP contribution in [0.15, 0.2) is 63.8 Å².